The molecule has 2 saturated heterocycles. The van der Waals surface area contributed by atoms with Crippen LogP contribution in [0.25, 0.3) is 0 Å². The van der Waals surface area contributed by atoms with Gasteiger partial charge in [0, 0.05) is 29.6 Å². The topological polar surface area (TPSA) is 103 Å². The SMILES string of the molecule is C#CC#CC#CC#CC#CC#CC#CC#CC#CC#CC#CC(=O)N[C@@H](COC1OC(COCc2ccccc2)C(OCc2ccccc2)C(OCc2ccccc2)C1OCc1ccccc1)[C@@H]1OC(C)(C)O[C@@H]1CC. The van der Waals surface area contributed by atoms with Crippen LogP contribution in [0.1, 0.15) is 49.4 Å². The Morgan fingerprint density at radius 1 is 0.526 bits per heavy atom. The standard InChI is InChI=1S/C66H53NO9/c1-5-7-8-9-10-11-12-13-14-15-16-17-18-19-20-21-22-23-24-37-46-60(68)67-57(61-58(6-2)75-66(3,4)76-61)51-73-65-64(72-50-56-44-35-28-36-45-56)63(71-49-55-42-33-27-34-43-55)62(70-48-54-40-31-26-32-41-54)59(74-65)52-69-47-53-38-29-25-30-39-53/h1,25-36,38-45,57-59,61-65H,6,47-52H2,2-4H3,(H,67,68)/t57-,58+,59?,61-,62?,63?,64?,65?/m0/s1. The first-order chi connectivity index (χ1) is 37.3. The fourth-order valence-electron chi connectivity index (χ4n) is 7.68. The Balaban J connectivity index is 1.22. The molecule has 1 N–H and O–H groups in total. The highest BCUT2D eigenvalue weighted by molar-refractivity contribution is 5.94. The second-order valence-electron chi connectivity index (χ2n) is 16.9. The molecule has 0 spiro atoms. The maximum absolute atomic E-state index is 13.6. The molecule has 376 valence electrons. The van der Waals surface area contributed by atoms with Crippen LogP contribution in [0.3, 0.4) is 0 Å². The Labute approximate surface area is 448 Å². The third-order valence-electron chi connectivity index (χ3n) is 11.0. The molecule has 0 radical (unpaired) electrons. The number of ether oxygens (including phenoxy) is 8. The zero-order valence-electron chi connectivity index (χ0n) is 42.4. The molecule has 2 aliphatic heterocycles. The third-order valence-corrected chi connectivity index (χ3v) is 11.0. The fraction of sp³-hybridized carbons (Fsp3) is 0.288. The van der Waals surface area contributed by atoms with Crippen LogP contribution >= 0.6 is 0 Å². The molecule has 0 saturated carbocycles. The van der Waals surface area contributed by atoms with Crippen LogP contribution in [-0.4, -0.2) is 73.9 Å². The molecule has 6 rings (SSSR count). The minimum atomic E-state index is -1.06. The minimum Gasteiger partial charge on any atom is -0.374 e. The maximum atomic E-state index is 13.6. The van der Waals surface area contributed by atoms with E-state index < -0.39 is 60.6 Å². The molecule has 5 unspecified atom stereocenters. The highest BCUT2D eigenvalue weighted by atomic mass is 16.8. The predicted molar refractivity (Wildman–Crippen MR) is 288 cm³/mol. The van der Waals surface area contributed by atoms with E-state index in [-0.39, 0.29) is 33.0 Å². The molecule has 0 aromatic heterocycles. The van der Waals surface area contributed by atoms with Crippen molar-refractivity contribution < 1.29 is 42.7 Å². The van der Waals surface area contributed by atoms with Crippen molar-refractivity contribution >= 4 is 5.91 Å². The number of nitrogens with one attached hydrogen (secondary N) is 1. The van der Waals surface area contributed by atoms with Gasteiger partial charge < -0.3 is 43.2 Å². The average Bonchev–Trinajstić information content (AvgIpc) is 3.77. The van der Waals surface area contributed by atoms with Gasteiger partial charge in [0.1, 0.15) is 30.5 Å². The molecule has 76 heavy (non-hydrogen) atoms. The van der Waals surface area contributed by atoms with Crippen LogP contribution in [0.15, 0.2) is 121 Å². The van der Waals surface area contributed by atoms with Gasteiger partial charge in [0.25, 0.3) is 5.91 Å². The van der Waals surface area contributed by atoms with Crippen molar-refractivity contribution in [3.8, 4) is 131 Å². The van der Waals surface area contributed by atoms with Gasteiger partial charge in [0.05, 0.1) is 51.8 Å². The number of benzene rings is 4. The van der Waals surface area contributed by atoms with Crippen molar-refractivity contribution in [2.75, 3.05) is 13.2 Å². The molecule has 10 heteroatoms. The zero-order chi connectivity index (χ0) is 53.3. The van der Waals surface area contributed by atoms with E-state index in [9.17, 15) is 4.79 Å². The number of terminal acetylenes is 1. The van der Waals surface area contributed by atoms with Gasteiger partial charge in [-0.25, -0.2) is 0 Å². The monoisotopic (exact) mass is 1000 g/mol. The molecule has 2 aliphatic rings. The van der Waals surface area contributed by atoms with Crippen LogP contribution in [0.5, 0.6) is 0 Å². The van der Waals surface area contributed by atoms with Crippen LogP contribution in [0, 0.1) is 131 Å². The number of carbonyl (C=O) groups excluding carboxylic acids is 1. The van der Waals surface area contributed by atoms with E-state index >= 15 is 0 Å². The van der Waals surface area contributed by atoms with Gasteiger partial charge in [-0.2, -0.15) is 0 Å². The second-order valence-corrected chi connectivity index (χ2v) is 16.9. The van der Waals surface area contributed by atoms with E-state index in [4.69, 9.17) is 44.3 Å². The summed E-state index contributed by atoms with van der Waals surface area (Å²) in [6.45, 7) is 6.72. The average molecular weight is 1000 g/mol. The molecule has 8 atom stereocenters. The lowest BCUT2D eigenvalue weighted by atomic mass is 9.97. The Morgan fingerprint density at radius 2 is 0.934 bits per heavy atom. The Morgan fingerprint density at radius 3 is 1.38 bits per heavy atom. The van der Waals surface area contributed by atoms with Crippen molar-refractivity contribution in [2.24, 2.45) is 0 Å². The van der Waals surface area contributed by atoms with Crippen LogP contribution in [0.4, 0.5) is 0 Å². The summed E-state index contributed by atoms with van der Waals surface area (Å²) in [5.41, 5.74) is 3.86. The summed E-state index contributed by atoms with van der Waals surface area (Å²) in [5.74, 6) is 50.9. The summed E-state index contributed by atoms with van der Waals surface area (Å²) >= 11 is 0. The van der Waals surface area contributed by atoms with E-state index in [1.165, 1.54) is 0 Å². The normalized spacial score (nSPS) is 19.4. The van der Waals surface area contributed by atoms with Crippen LogP contribution in [-0.2, 0) is 69.1 Å². The second kappa shape index (κ2) is 32.4. The summed E-state index contributed by atoms with van der Waals surface area (Å²) in [6.07, 6.45) is 0.514. The molecule has 10 nitrogen and oxygen atoms in total. The Bertz CT molecular complexity index is 3250. The molecule has 0 aliphatic carbocycles. The van der Waals surface area contributed by atoms with Gasteiger partial charge in [-0.3, -0.25) is 4.79 Å². The lowest BCUT2D eigenvalue weighted by Gasteiger charge is -2.46. The summed E-state index contributed by atoms with van der Waals surface area (Å²) in [7, 11) is 0. The fourth-order valence-corrected chi connectivity index (χ4v) is 7.68. The van der Waals surface area contributed by atoms with Crippen molar-refractivity contribution in [3.63, 3.8) is 0 Å². The van der Waals surface area contributed by atoms with E-state index in [1.807, 2.05) is 142 Å². The molecule has 2 heterocycles. The van der Waals surface area contributed by atoms with Gasteiger partial charge in [-0.1, -0.05) is 128 Å². The van der Waals surface area contributed by atoms with Gasteiger partial charge in [-0.15, -0.1) is 6.42 Å². The quantitative estimate of drug-likeness (QED) is 0.102. The van der Waals surface area contributed by atoms with E-state index in [0.29, 0.717) is 13.0 Å². The van der Waals surface area contributed by atoms with Crippen molar-refractivity contribution in [3.05, 3.63) is 144 Å². The van der Waals surface area contributed by atoms with Crippen LogP contribution in [0.2, 0.25) is 0 Å². The molecular formula is C66H53NO9. The minimum absolute atomic E-state index is 0.102. The van der Waals surface area contributed by atoms with Gasteiger partial charge >= 0.3 is 0 Å². The van der Waals surface area contributed by atoms with Crippen LogP contribution < -0.4 is 5.32 Å². The van der Waals surface area contributed by atoms with Gasteiger partial charge in [0.2, 0.25) is 0 Å². The van der Waals surface area contributed by atoms with E-state index in [1.54, 1.807) is 0 Å². The van der Waals surface area contributed by atoms with E-state index in [0.717, 1.165) is 22.3 Å². The summed E-state index contributed by atoms with van der Waals surface area (Å²) in [6, 6.07) is 38.7. The first-order valence-electron chi connectivity index (χ1n) is 24.3. The largest absolute Gasteiger partial charge is 0.374 e. The van der Waals surface area contributed by atoms with E-state index in [2.05, 4.69) is 130 Å². The van der Waals surface area contributed by atoms with Gasteiger partial charge in [-0.05, 0) is 137 Å². The van der Waals surface area contributed by atoms with Crippen molar-refractivity contribution in [1.29, 1.82) is 0 Å². The smallest absolute Gasteiger partial charge is 0.297 e. The van der Waals surface area contributed by atoms with Crippen molar-refractivity contribution in [1.82, 2.24) is 5.32 Å². The highest BCUT2D eigenvalue weighted by Gasteiger charge is 2.50. The number of carbonyl (C=O) groups is 1. The Hall–Kier alpha value is -8.81. The molecule has 2 fully saturated rings. The first kappa shape index (κ1) is 56.5. The lowest BCUT2D eigenvalue weighted by molar-refractivity contribution is -0.329. The molecule has 0 bridgehead atoms. The molecular weight excluding hydrogens is 951 g/mol. The van der Waals surface area contributed by atoms with Crippen molar-refractivity contribution in [2.45, 2.75) is 108 Å². The number of amides is 1. The Kier molecular flexibility index (Phi) is 24.1. The zero-order valence-corrected chi connectivity index (χ0v) is 42.4. The highest BCUT2D eigenvalue weighted by Crippen LogP contribution is 2.34. The molecule has 1 amide bonds. The first-order valence-corrected chi connectivity index (χ1v) is 24.3. The number of rotatable bonds is 19. The lowest BCUT2D eigenvalue weighted by Crippen LogP contribution is -2.62. The molecule has 4 aromatic carbocycles. The summed E-state index contributed by atoms with van der Waals surface area (Å²) in [5, 5.41) is 3.00. The number of hydrogen-bond donors (Lipinski definition) is 1. The summed E-state index contributed by atoms with van der Waals surface area (Å²) < 4.78 is 53.4. The third kappa shape index (κ3) is 20.2. The summed E-state index contributed by atoms with van der Waals surface area (Å²) in [4.78, 5) is 13.6. The van der Waals surface area contributed by atoms with Gasteiger partial charge in [0.15, 0.2) is 12.1 Å². The molecule has 4 aromatic rings. The predicted octanol–water partition coefficient (Wildman–Crippen LogP) is 6.78. The number of hydrogen-bond acceptors (Lipinski definition) is 9. The maximum Gasteiger partial charge on any atom is 0.297 e.